The minimum absolute atomic E-state index is 0. The molecule has 7 aromatic carbocycles. The molecule has 73 heavy (non-hydrogen) atoms. The van der Waals surface area contributed by atoms with E-state index in [4.69, 9.17) is 0 Å². The molecular formula is C66H52Ir3N4-4. The maximum absolute atomic E-state index is 4.60. The smallest absolute Gasteiger partial charge is 0.0242 e. The summed E-state index contributed by atoms with van der Waals surface area (Å²) in [6.07, 6.45) is 8.65. The Bertz CT molecular complexity index is 3120. The summed E-state index contributed by atoms with van der Waals surface area (Å²) >= 11 is 0. The third-order valence-electron chi connectivity index (χ3n) is 11.5. The van der Waals surface area contributed by atoms with Crippen LogP contribution in [0.1, 0.15) is 23.6 Å². The van der Waals surface area contributed by atoms with Gasteiger partial charge in [0.2, 0.25) is 0 Å². The molecule has 0 aliphatic heterocycles. The molecular weight excluding hydrogens is 1430 g/mol. The number of benzene rings is 7. The predicted molar refractivity (Wildman–Crippen MR) is 289 cm³/mol. The molecule has 0 spiro atoms. The Labute approximate surface area is 472 Å². The normalized spacial score (nSPS) is 9.85. The fourth-order valence-electron chi connectivity index (χ4n) is 7.79. The monoisotopic (exact) mass is 1480 g/mol. The minimum atomic E-state index is 0. The molecule has 0 aliphatic carbocycles. The van der Waals surface area contributed by atoms with Gasteiger partial charge in [-0.05, 0) is 82.5 Å². The van der Waals surface area contributed by atoms with Gasteiger partial charge in [-0.15, -0.1) is 144 Å². The van der Waals surface area contributed by atoms with Crippen LogP contribution in [0, 0.1) is 38.1 Å². The van der Waals surface area contributed by atoms with Gasteiger partial charge in [-0.25, -0.2) is 0 Å². The number of pyridine rings is 4. The molecule has 0 amide bonds. The second kappa shape index (κ2) is 30.2. The third-order valence-corrected chi connectivity index (χ3v) is 11.5. The van der Waals surface area contributed by atoms with Crippen molar-refractivity contribution in [2.45, 2.75) is 27.2 Å². The number of aryl methyl sites for hydroxylation is 3. The summed E-state index contributed by atoms with van der Waals surface area (Å²) in [6, 6.07) is 87.8. The molecule has 11 aromatic rings. The topological polar surface area (TPSA) is 51.6 Å². The van der Waals surface area contributed by atoms with Crippen LogP contribution in [0.25, 0.3) is 78.4 Å². The number of hydrogen-bond acceptors (Lipinski definition) is 4. The molecule has 0 unspecified atom stereocenters. The van der Waals surface area contributed by atoms with Gasteiger partial charge in [-0.2, -0.15) is 0 Å². The first-order valence-corrected chi connectivity index (χ1v) is 23.4. The predicted octanol–water partition coefficient (Wildman–Crippen LogP) is 16.4. The van der Waals surface area contributed by atoms with E-state index < -0.39 is 0 Å². The zero-order chi connectivity index (χ0) is 48.2. The van der Waals surface area contributed by atoms with Crippen molar-refractivity contribution in [3.05, 3.63) is 290 Å². The molecule has 0 saturated carbocycles. The number of aromatic nitrogens is 4. The molecule has 0 bridgehead atoms. The first-order chi connectivity index (χ1) is 34.5. The largest absolute Gasteiger partial charge is 0.305 e. The molecule has 367 valence electrons. The van der Waals surface area contributed by atoms with Crippen LogP contribution in [-0.2, 0) is 66.7 Å². The van der Waals surface area contributed by atoms with Crippen LogP contribution in [0.15, 0.2) is 249 Å². The molecule has 0 N–H and O–H groups in total. The van der Waals surface area contributed by atoms with Crippen molar-refractivity contribution in [1.29, 1.82) is 0 Å². The first-order valence-electron chi connectivity index (χ1n) is 23.4. The molecule has 0 aliphatic rings. The van der Waals surface area contributed by atoms with Crippen molar-refractivity contribution in [3.8, 4) is 78.4 Å². The summed E-state index contributed by atoms with van der Waals surface area (Å²) in [5.41, 5.74) is 19.0. The molecule has 7 heteroatoms. The molecule has 4 nitrogen and oxygen atoms in total. The zero-order valence-corrected chi connectivity index (χ0v) is 47.9. The van der Waals surface area contributed by atoms with E-state index in [9.17, 15) is 0 Å². The third kappa shape index (κ3) is 16.3. The van der Waals surface area contributed by atoms with E-state index in [0.29, 0.717) is 0 Å². The van der Waals surface area contributed by atoms with Crippen molar-refractivity contribution < 1.29 is 60.3 Å². The van der Waals surface area contributed by atoms with Crippen molar-refractivity contribution in [3.63, 3.8) is 0 Å². The molecule has 4 aromatic heterocycles. The fraction of sp³-hybridized carbons (Fsp3) is 0.0606. The second-order valence-corrected chi connectivity index (χ2v) is 16.3. The average molecular weight is 1480 g/mol. The SMILES string of the molecule is CCc1cc(-c2[c-]cccc2)ncc1-c1ccccc1.Cc1cc(-c2[c-]cccc2)ncc1-c1ccccc1.Cc1cc(-c2[c-]cccc2)ncc1-c1ccccc1.[Ir].[Ir].[Ir].[c-]1ccccc1-c1ccccn1. The molecule has 0 atom stereocenters. The van der Waals surface area contributed by atoms with Crippen LogP contribution in [0.2, 0.25) is 0 Å². The van der Waals surface area contributed by atoms with Crippen molar-refractivity contribution in [2.24, 2.45) is 0 Å². The van der Waals surface area contributed by atoms with Crippen LogP contribution in [0.3, 0.4) is 0 Å². The molecule has 0 saturated heterocycles. The van der Waals surface area contributed by atoms with Crippen molar-refractivity contribution in [2.75, 3.05) is 0 Å². The van der Waals surface area contributed by atoms with Crippen molar-refractivity contribution in [1.82, 2.24) is 19.9 Å². The van der Waals surface area contributed by atoms with Crippen LogP contribution in [-0.4, -0.2) is 19.9 Å². The van der Waals surface area contributed by atoms with Gasteiger partial charge < -0.3 is 19.9 Å². The Morgan fingerprint density at radius 3 is 0.986 bits per heavy atom. The Balaban J connectivity index is 0.000000180. The van der Waals surface area contributed by atoms with Gasteiger partial charge in [-0.3, -0.25) is 0 Å². The van der Waals surface area contributed by atoms with E-state index in [1.165, 1.54) is 50.1 Å². The van der Waals surface area contributed by atoms with E-state index in [-0.39, 0.29) is 60.3 Å². The Morgan fingerprint density at radius 1 is 0.329 bits per heavy atom. The number of hydrogen-bond donors (Lipinski definition) is 0. The average Bonchev–Trinajstić information content (AvgIpc) is 3.45. The van der Waals surface area contributed by atoms with Crippen LogP contribution >= 0.6 is 0 Å². The van der Waals surface area contributed by atoms with Gasteiger partial charge in [0.1, 0.15) is 0 Å². The van der Waals surface area contributed by atoms with E-state index in [1.54, 1.807) is 6.20 Å². The van der Waals surface area contributed by atoms with Crippen LogP contribution in [0.4, 0.5) is 0 Å². The van der Waals surface area contributed by atoms with E-state index >= 15 is 0 Å². The fourth-order valence-corrected chi connectivity index (χ4v) is 7.79. The summed E-state index contributed by atoms with van der Waals surface area (Å²) in [5, 5.41) is 0. The Morgan fingerprint density at radius 2 is 0.658 bits per heavy atom. The van der Waals surface area contributed by atoms with Gasteiger partial charge in [0.05, 0.1) is 0 Å². The summed E-state index contributed by atoms with van der Waals surface area (Å²) in [5.74, 6) is 0. The van der Waals surface area contributed by atoms with Gasteiger partial charge in [0.25, 0.3) is 0 Å². The maximum atomic E-state index is 4.60. The number of rotatable bonds is 8. The second-order valence-electron chi connectivity index (χ2n) is 16.3. The van der Waals surface area contributed by atoms with Crippen LogP contribution < -0.4 is 0 Å². The quantitative estimate of drug-likeness (QED) is 0.142. The Kier molecular flexibility index (Phi) is 23.6. The molecule has 0 fully saturated rings. The Hall–Kier alpha value is -6.91. The summed E-state index contributed by atoms with van der Waals surface area (Å²) in [7, 11) is 0. The maximum Gasteiger partial charge on any atom is 0.0242 e. The van der Waals surface area contributed by atoms with Gasteiger partial charge in [0.15, 0.2) is 0 Å². The van der Waals surface area contributed by atoms with E-state index in [0.717, 1.165) is 51.5 Å². The minimum Gasteiger partial charge on any atom is -0.305 e. The molecule has 3 radical (unpaired) electrons. The van der Waals surface area contributed by atoms with Crippen molar-refractivity contribution >= 4 is 0 Å². The zero-order valence-electron chi connectivity index (χ0n) is 40.7. The van der Waals surface area contributed by atoms with E-state index in [2.05, 4.69) is 132 Å². The standard InChI is InChI=1S/C19H16N.2C18H14N.C11H8N.3Ir/c1-2-15-13-19(17-11-7-4-8-12-17)20-14-18(15)16-9-5-3-6-10-16;2*1-14-12-18(16-10-6-3-7-11-16)19-13-17(14)15-8-4-2-5-9-15;1-2-6-10(7-3-1)11-8-4-5-9-12-11;;;/h3-11,13-14H,2H2,1H3;2*2-10,12-13H,1H3;1-6,8-9H;;;/q4*-1;;;. The van der Waals surface area contributed by atoms with Crippen LogP contribution in [0.5, 0.6) is 0 Å². The molecule has 4 heterocycles. The summed E-state index contributed by atoms with van der Waals surface area (Å²) in [4.78, 5) is 17.9. The van der Waals surface area contributed by atoms with Gasteiger partial charge >= 0.3 is 0 Å². The number of nitrogens with zero attached hydrogens (tertiary/aromatic N) is 4. The summed E-state index contributed by atoms with van der Waals surface area (Å²) in [6.45, 7) is 6.42. The van der Waals surface area contributed by atoms with Gasteiger partial charge in [0, 0.05) is 102 Å². The molecule has 11 rings (SSSR count). The summed E-state index contributed by atoms with van der Waals surface area (Å²) < 4.78 is 0. The first kappa shape index (κ1) is 57.0. The van der Waals surface area contributed by atoms with E-state index in [1.807, 2.05) is 176 Å². The van der Waals surface area contributed by atoms with Gasteiger partial charge in [-0.1, -0.05) is 128 Å².